The second kappa shape index (κ2) is 6.95. The molecule has 0 aliphatic heterocycles. The van der Waals surface area contributed by atoms with Crippen molar-refractivity contribution in [1.82, 2.24) is 0 Å². The van der Waals surface area contributed by atoms with E-state index in [9.17, 15) is 0 Å². The van der Waals surface area contributed by atoms with E-state index in [-0.39, 0.29) is 6.61 Å². The first-order valence-corrected chi connectivity index (χ1v) is 6.78. The molecule has 1 atom stereocenters. The molecule has 19 heavy (non-hydrogen) atoms. The van der Waals surface area contributed by atoms with Crippen LogP contribution >= 0.6 is 0 Å². The Labute approximate surface area is 115 Å². The third kappa shape index (κ3) is 4.42. The fourth-order valence-electron chi connectivity index (χ4n) is 2.09. The molecule has 0 bridgehead atoms. The summed E-state index contributed by atoms with van der Waals surface area (Å²) in [6.45, 7) is 2.30. The van der Waals surface area contributed by atoms with Gasteiger partial charge in [0.1, 0.15) is 0 Å². The number of aliphatic hydroxyl groups is 1. The molecule has 100 valence electrons. The molecule has 2 aromatic rings. The van der Waals surface area contributed by atoms with Gasteiger partial charge in [0, 0.05) is 11.7 Å². The molecule has 0 aromatic heterocycles. The number of benzene rings is 2. The number of aryl methyl sites for hydroxylation is 1. The zero-order valence-corrected chi connectivity index (χ0v) is 11.3. The van der Waals surface area contributed by atoms with Crippen LogP contribution in [0.1, 0.15) is 24.5 Å². The molecule has 0 radical (unpaired) electrons. The van der Waals surface area contributed by atoms with E-state index in [1.54, 1.807) is 0 Å². The van der Waals surface area contributed by atoms with Gasteiger partial charge in [-0.2, -0.15) is 0 Å². The van der Waals surface area contributed by atoms with Gasteiger partial charge in [0.25, 0.3) is 0 Å². The first kappa shape index (κ1) is 13.6. The SMILES string of the molecule is CC(CCc1ccccc1)Nc1ccc(CO)cc1. The zero-order chi connectivity index (χ0) is 13.5. The van der Waals surface area contributed by atoms with E-state index in [0.717, 1.165) is 24.1 Å². The van der Waals surface area contributed by atoms with Crippen molar-refractivity contribution in [3.63, 3.8) is 0 Å². The molecule has 2 rings (SSSR count). The van der Waals surface area contributed by atoms with Gasteiger partial charge >= 0.3 is 0 Å². The number of anilines is 1. The van der Waals surface area contributed by atoms with Crippen LogP contribution < -0.4 is 5.32 Å². The van der Waals surface area contributed by atoms with Gasteiger partial charge in [0.05, 0.1) is 6.61 Å². The van der Waals surface area contributed by atoms with Crippen molar-refractivity contribution < 1.29 is 5.11 Å². The molecule has 2 aromatic carbocycles. The van der Waals surface area contributed by atoms with E-state index in [4.69, 9.17) is 5.11 Å². The van der Waals surface area contributed by atoms with Crippen molar-refractivity contribution >= 4 is 5.69 Å². The fourth-order valence-corrected chi connectivity index (χ4v) is 2.09. The predicted molar refractivity (Wildman–Crippen MR) is 80.2 cm³/mol. The molecule has 0 aliphatic carbocycles. The predicted octanol–water partition coefficient (Wildman–Crippen LogP) is 3.61. The van der Waals surface area contributed by atoms with Gasteiger partial charge in [-0.25, -0.2) is 0 Å². The van der Waals surface area contributed by atoms with Gasteiger partial charge in [-0.1, -0.05) is 42.5 Å². The minimum Gasteiger partial charge on any atom is -0.392 e. The topological polar surface area (TPSA) is 32.3 Å². The van der Waals surface area contributed by atoms with Crippen molar-refractivity contribution in [1.29, 1.82) is 0 Å². The lowest BCUT2D eigenvalue weighted by Gasteiger charge is -2.15. The van der Waals surface area contributed by atoms with Crippen LogP contribution in [0.4, 0.5) is 5.69 Å². The summed E-state index contributed by atoms with van der Waals surface area (Å²) in [6.07, 6.45) is 2.19. The lowest BCUT2D eigenvalue weighted by Crippen LogP contribution is -2.15. The summed E-state index contributed by atoms with van der Waals surface area (Å²) in [4.78, 5) is 0. The van der Waals surface area contributed by atoms with Crippen molar-refractivity contribution in [2.75, 3.05) is 5.32 Å². The molecular formula is C17H21NO. The van der Waals surface area contributed by atoms with E-state index in [0.29, 0.717) is 6.04 Å². The molecule has 0 saturated heterocycles. The summed E-state index contributed by atoms with van der Waals surface area (Å²) in [7, 11) is 0. The van der Waals surface area contributed by atoms with E-state index in [1.165, 1.54) is 5.56 Å². The van der Waals surface area contributed by atoms with E-state index < -0.39 is 0 Å². The highest BCUT2D eigenvalue weighted by atomic mass is 16.3. The van der Waals surface area contributed by atoms with Gasteiger partial charge in [-0.05, 0) is 43.0 Å². The minimum atomic E-state index is 0.101. The Hall–Kier alpha value is -1.80. The van der Waals surface area contributed by atoms with E-state index in [1.807, 2.05) is 30.3 Å². The lowest BCUT2D eigenvalue weighted by molar-refractivity contribution is 0.282. The maximum Gasteiger partial charge on any atom is 0.0681 e. The largest absolute Gasteiger partial charge is 0.392 e. The summed E-state index contributed by atoms with van der Waals surface area (Å²) in [5.41, 5.74) is 3.44. The molecule has 2 nitrogen and oxygen atoms in total. The number of nitrogens with one attached hydrogen (secondary N) is 1. The summed E-state index contributed by atoms with van der Waals surface area (Å²) < 4.78 is 0. The van der Waals surface area contributed by atoms with Crippen LogP contribution in [-0.2, 0) is 13.0 Å². The molecule has 0 aliphatic rings. The van der Waals surface area contributed by atoms with Gasteiger partial charge in [0.2, 0.25) is 0 Å². The highest BCUT2D eigenvalue weighted by Gasteiger charge is 2.02. The lowest BCUT2D eigenvalue weighted by atomic mass is 10.1. The Morgan fingerprint density at radius 1 is 0.947 bits per heavy atom. The molecule has 2 heteroatoms. The van der Waals surface area contributed by atoms with Gasteiger partial charge in [0.15, 0.2) is 0 Å². The Morgan fingerprint density at radius 2 is 1.63 bits per heavy atom. The first-order valence-electron chi connectivity index (χ1n) is 6.78. The molecule has 0 spiro atoms. The normalized spacial score (nSPS) is 12.1. The molecule has 2 N–H and O–H groups in total. The molecular weight excluding hydrogens is 234 g/mol. The summed E-state index contributed by atoms with van der Waals surface area (Å²) >= 11 is 0. The Balaban J connectivity index is 1.82. The second-order valence-corrected chi connectivity index (χ2v) is 4.92. The van der Waals surface area contributed by atoms with Crippen LogP contribution in [0.25, 0.3) is 0 Å². The summed E-state index contributed by atoms with van der Waals surface area (Å²) in [6, 6.07) is 18.9. The zero-order valence-electron chi connectivity index (χ0n) is 11.3. The maximum absolute atomic E-state index is 9.00. The van der Waals surface area contributed by atoms with Crippen molar-refractivity contribution in [3.8, 4) is 0 Å². The van der Waals surface area contributed by atoms with Crippen molar-refractivity contribution in [3.05, 3.63) is 65.7 Å². The number of hydrogen-bond donors (Lipinski definition) is 2. The Kier molecular flexibility index (Phi) is 4.99. The summed E-state index contributed by atoms with van der Waals surface area (Å²) in [5.74, 6) is 0. The number of hydrogen-bond acceptors (Lipinski definition) is 2. The van der Waals surface area contributed by atoms with Crippen molar-refractivity contribution in [2.45, 2.75) is 32.4 Å². The number of aliphatic hydroxyl groups excluding tert-OH is 1. The number of rotatable bonds is 6. The summed E-state index contributed by atoms with van der Waals surface area (Å²) in [5, 5.41) is 12.5. The molecule has 0 saturated carbocycles. The Morgan fingerprint density at radius 3 is 2.26 bits per heavy atom. The monoisotopic (exact) mass is 255 g/mol. The quantitative estimate of drug-likeness (QED) is 0.826. The van der Waals surface area contributed by atoms with E-state index >= 15 is 0 Å². The Bertz CT molecular complexity index is 478. The van der Waals surface area contributed by atoms with Gasteiger partial charge < -0.3 is 10.4 Å². The van der Waals surface area contributed by atoms with Crippen molar-refractivity contribution in [2.24, 2.45) is 0 Å². The van der Waals surface area contributed by atoms with Crippen LogP contribution in [0.3, 0.4) is 0 Å². The highest BCUT2D eigenvalue weighted by Crippen LogP contribution is 2.13. The fraction of sp³-hybridized carbons (Fsp3) is 0.294. The van der Waals surface area contributed by atoms with Crippen LogP contribution in [-0.4, -0.2) is 11.1 Å². The molecule has 0 amide bonds. The van der Waals surface area contributed by atoms with Gasteiger partial charge in [-0.3, -0.25) is 0 Å². The van der Waals surface area contributed by atoms with Gasteiger partial charge in [-0.15, -0.1) is 0 Å². The van der Waals surface area contributed by atoms with Crippen LogP contribution in [0.2, 0.25) is 0 Å². The molecule has 0 heterocycles. The first-order chi connectivity index (χ1) is 9.28. The standard InChI is InChI=1S/C17H21NO/c1-14(7-8-15-5-3-2-4-6-15)18-17-11-9-16(13-19)10-12-17/h2-6,9-12,14,18-19H,7-8,13H2,1H3. The van der Waals surface area contributed by atoms with Crippen LogP contribution in [0.15, 0.2) is 54.6 Å². The maximum atomic E-state index is 9.00. The van der Waals surface area contributed by atoms with Crippen LogP contribution in [0, 0.1) is 0 Å². The van der Waals surface area contributed by atoms with E-state index in [2.05, 4.69) is 36.5 Å². The minimum absolute atomic E-state index is 0.101. The third-order valence-corrected chi connectivity index (χ3v) is 3.26. The smallest absolute Gasteiger partial charge is 0.0681 e. The third-order valence-electron chi connectivity index (χ3n) is 3.26. The average molecular weight is 255 g/mol. The second-order valence-electron chi connectivity index (χ2n) is 4.92. The van der Waals surface area contributed by atoms with Crippen LogP contribution in [0.5, 0.6) is 0 Å². The molecule has 1 unspecified atom stereocenters. The molecule has 0 fully saturated rings. The highest BCUT2D eigenvalue weighted by molar-refractivity contribution is 5.45. The average Bonchev–Trinajstić information content (AvgIpc) is 2.47.